The van der Waals surface area contributed by atoms with Gasteiger partial charge in [-0.3, -0.25) is 4.79 Å². The molecule has 0 aromatic heterocycles. The number of carbonyl (C=O) groups is 1. The lowest BCUT2D eigenvalue weighted by Gasteiger charge is -2.71. The van der Waals surface area contributed by atoms with Gasteiger partial charge in [0.05, 0.1) is 36.4 Å². The molecule has 28 atom stereocenters. The third kappa shape index (κ3) is 9.09. The van der Waals surface area contributed by atoms with Crippen LogP contribution < -0.4 is 0 Å². The van der Waals surface area contributed by atoms with E-state index in [0.717, 1.165) is 44.9 Å². The number of aliphatic hydroxyl groups excluding tert-OH is 11. The average molecular weight is 1060 g/mol. The van der Waals surface area contributed by atoms with Crippen LogP contribution in [0.3, 0.4) is 0 Å². The fraction of sp³-hybridized carbons (Fsp3) is 0.944. The summed E-state index contributed by atoms with van der Waals surface area (Å²) in [5, 5.41) is 118. The maximum absolute atomic E-state index is 15.0. The predicted octanol–water partition coefficient (Wildman–Crippen LogP) is 1.05. The number of hydrogen-bond donors (Lipinski definition) is 11. The van der Waals surface area contributed by atoms with Crippen LogP contribution in [-0.2, 0) is 42.7 Å². The first kappa shape index (κ1) is 57.2. The van der Waals surface area contributed by atoms with Gasteiger partial charge in [0, 0.05) is 0 Å². The first-order valence-electron chi connectivity index (χ1n) is 27.4. The van der Waals surface area contributed by atoms with Crippen molar-refractivity contribution in [2.24, 2.45) is 50.2 Å². The van der Waals surface area contributed by atoms with E-state index in [1.54, 1.807) is 6.92 Å². The summed E-state index contributed by atoms with van der Waals surface area (Å²) in [5.74, 6) is -0.210. The molecule has 424 valence electrons. The molecule has 5 aliphatic carbocycles. The summed E-state index contributed by atoms with van der Waals surface area (Å²) in [7, 11) is 0. The Morgan fingerprint density at radius 3 is 1.70 bits per heavy atom. The highest BCUT2D eigenvalue weighted by Gasteiger charge is 2.70. The largest absolute Gasteiger partial charge is 0.432 e. The van der Waals surface area contributed by atoms with Crippen molar-refractivity contribution in [3.8, 4) is 0 Å². The van der Waals surface area contributed by atoms with Crippen LogP contribution in [0.2, 0.25) is 0 Å². The normalized spacial score (nSPS) is 55.1. The Bertz CT molecular complexity index is 2060. The van der Waals surface area contributed by atoms with Crippen LogP contribution in [0, 0.1) is 50.2 Å². The molecule has 4 aliphatic heterocycles. The minimum atomic E-state index is -1.81. The second kappa shape index (κ2) is 20.2. The van der Waals surface area contributed by atoms with Gasteiger partial charge < -0.3 is 94.1 Å². The van der Waals surface area contributed by atoms with Crippen LogP contribution in [0.5, 0.6) is 0 Å². The monoisotopic (exact) mass is 1060 g/mol. The zero-order chi connectivity index (χ0) is 54.2. The SMILES string of the molecule is C[C@@H]1O[C@@H](O[C@@H]2[C@H](O)[C@@H](O)[C@H](O[C@H]3CC[C@]4(C)[C@H]5CC=C6[C@@H]7CC(C)(C)CC[C@]7(C(=O)O[C@@H]7O[C@H](CO)[C@@H](O[C@@H]8O[C@@H](C)[C@H](O)[C@@H](O)[C@H]8O)[C@H](O)[C@H]7O)CC[C@@]6(C)[C@]5(C)CC[C@H]4C3(C)C)O[C@@H]2C)[C@H](O)[C@H](O)[C@H]1O. The predicted molar refractivity (Wildman–Crippen MR) is 259 cm³/mol. The van der Waals surface area contributed by atoms with Crippen molar-refractivity contribution in [2.75, 3.05) is 6.61 Å². The van der Waals surface area contributed by atoms with Gasteiger partial charge in [-0.2, -0.15) is 0 Å². The smallest absolute Gasteiger partial charge is 0.315 e. The van der Waals surface area contributed by atoms with Crippen molar-refractivity contribution in [3.05, 3.63) is 11.6 Å². The fourth-order valence-corrected chi connectivity index (χ4v) is 16.4. The van der Waals surface area contributed by atoms with Gasteiger partial charge in [-0.1, -0.05) is 60.1 Å². The van der Waals surface area contributed by atoms with Crippen LogP contribution in [0.4, 0.5) is 0 Å². The van der Waals surface area contributed by atoms with Crippen LogP contribution in [0.25, 0.3) is 0 Å². The molecule has 0 aromatic carbocycles. The Hall–Kier alpha value is -1.51. The van der Waals surface area contributed by atoms with Crippen LogP contribution in [-0.4, -0.2) is 198 Å². The first-order chi connectivity index (χ1) is 34.5. The van der Waals surface area contributed by atoms with E-state index in [1.807, 2.05) is 0 Å². The summed E-state index contributed by atoms with van der Waals surface area (Å²) in [4.78, 5) is 15.0. The molecule has 0 amide bonds. The fourth-order valence-electron chi connectivity index (χ4n) is 16.4. The van der Waals surface area contributed by atoms with Crippen molar-refractivity contribution < 1.29 is 98.9 Å². The second-order valence-corrected chi connectivity index (χ2v) is 26.2. The Morgan fingerprint density at radius 2 is 1.09 bits per heavy atom. The molecule has 0 unspecified atom stereocenters. The third-order valence-electron chi connectivity index (χ3n) is 21.3. The molecule has 11 N–H and O–H groups in total. The molecule has 9 rings (SSSR count). The molecule has 4 saturated carbocycles. The van der Waals surface area contributed by atoms with Crippen LogP contribution in [0.1, 0.15) is 133 Å². The molecule has 0 spiro atoms. The lowest BCUT2D eigenvalue weighted by atomic mass is 9.33. The second-order valence-electron chi connectivity index (χ2n) is 26.2. The zero-order valence-corrected chi connectivity index (χ0v) is 44.8. The molecular formula is C54H88O20. The van der Waals surface area contributed by atoms with Gasteiger partial charge in [0.25, 0.3) is 0 Å². The summed E-state index contributed by atoms with van der Waals surface area (Å²) in [5.41, 5.74) is -0.703. The maximum Gasteiger partial charge on any atom is 0.315 e. The molecule has 0 radical (unpaired) electrons. The molecule has 0 aromatic rings. The Balaban J connectivity index is 0.899. The van der Waals surface area contributed by atoms with E-state index in [1.165, 1.54) is 19.4 Å². The van der Waals surface area contributed by atoms with Gasteiger partial charge in [0.15, 0.2) is 18.9 Å². The molecule has 0 bridgehead atoms. The van der Waals surface area contributed by atoms with Crippen LogP contribution >= 0.6 is 0 Å². The van der Waals surface area contributed by atoms with E-state index in [2.05, 4.69) is 54.5 Å². The van der Waals surface area contributed by atoms with E-state index in [4.69, 9.17) is 37.9 Å². The quantitative estimate of drug-likeness (QED) is 0.0874. The van der Waals surface area contributed by atoms with E-state index in [0.29, 0.717) is 19.3 Å². The van der Waals surface area contributed by atoms with Crippen molar-refractivity contribution >= 4 is 5.97 Å². The highest BCUT2D eigenvalue weighted by Crippen LogP contribution is 2.76. The lowest BCUT2D eigenvalue weighted by molar-refractivity contribution is -0.362. The summed E-state index contributed by atoms with van der Waals surface area (Å²) >= 11 is 0. The molecule has 9 aliphatic rings. The molecule has 4 saturated heterocycles. The number of aliphatic hydroxyl groups is 11. The minimum Gasteiger partial charge on any atom is -0.432 e. The minimum absolute atomic E-state index is 0.0930. The standard InChI is InChI=1S/C54H88O20/c1-23-32(56)34(58)38(62)45(67-23)72-42-25(3)69-44(40(64)36(42)60)71-31-14-15-51(8)29(50(31,6)7)13-16-53(10)30(51)12-11-26-27-21-49(4,5)17-19-54(27,20-18-52(26,53)9)48(66)74-47-41(65)37(61)43(28(22-55)70-47)73-46-39(63)35(59)33(57)24(2)68-46/h11,23-25,27-47,55-65H,12-22H2,1-10H3/t23-,24-,25+,27-,28+,29-,30+,31-,32-,33-,34+,35+,36+,37+,38+,39+,40+,41+,42-,43+,44-,45-,46-,47-,51-,52+,53+,54-/m0/s1. The third-order valence-corrected chi connectivity index (χ3v) is 21.3. The number of carbonyl (C=O) groups excluding carboxylic acids is 1. The summed E-state index contributed by atoms with van der Waals surface area (Å²) in [6.07, 6.45) is -18.5. The van der Waals surface area contributed by atoms with Gasteiger partial charge in [-0.05, 0) is 130 Å². The summed E-state index contributed by atoms with van der Waals surface area (Å²) in [6, 6.07) is 0. The van der Waals surface area contributed by atoms with E-state index >= 15 is 4.79 Å². The number of fused-ring (bicyclic) bond motifs is 7. The number of allylic oxidation sites excluding steroid dienone is 2. The van der Waals surface area contributed by atoms with Crippen molar-refractivity contribution in [2.45, 2.75) is 262 Å². The van der Waals surface area contributed by atoms with Gasteiger partial charge in [0.2, 0.25) is 6.29 Å². The Labute approximate surface area is 434 Å². The molecular weight excluding hydrogens is 969 g/mol. The van der Waals surface area contributed by atoms with Gasteiger partial charge in [-0.15, -0.1) is 0 Å². The topological polar surface area (TPSA) is 313 Å². The maximum atomic E-state index is 15.0. The lowest BCUT2D eigenvalue weighted by Crippen LogP contribution is -2.66. The zero-order valence-electron chi connectivity index (χ0n) is 44.8. The van der Waals surface area contributed by atoms with E-state index < -0.39 is 141 Å². The van der Waals surface area contributed by atoms with Crippen molar-refractivity contribution in [3.63, 3.8) is 0 Å². The van der Waals surface area contributed by atoms with Crippen LogP contribution in [0.15, 0.2) is 11.6 Å². The number of rotatable bonds is 9. The Morgan fingerprint density at radius 1 is 0.568 bits per heavy atom. The summed E-state index contributed by atoms with van der Waals surface area (Å²) in [6.45, 7) is 20.2. The van der Waals surface area contributed by atoms with Crippen molar-refractivity contribution in [1.82, 2.24) is 0 Å². The molecule has 20 nitrogen and oxygen atoms in total. The Kier molecular flexibility index (Phi) is 15.6. The van der Waals surface area contributed by atoms with Gasteiger partial charge in [0.1, 0.15) is 79.4 Å². The summed E-state index contributed by atoms with van der Waals surface area (Å²) < 4.78 is 48.0. The number of ether oxygens (including phenoxy) is 8. The molecule has 4 heterocycles. The van der Waals surface area contributed by atoms with E-state index in [9.17, 15) is 56.2 Å². The molecule has 74 heavy (non-hydrogen) atoms. The number of esters is 1. The van der Waals surface area contributed by atoms with Gasteiger partial charge >= 0.3 is 5.97 Å². The van der Waals surface area contributed by atoms with Gasteiger partial charge in [-0.25, -0.2) is 0 Å². The number of hydrogen-bond acceptors (Lipinski definition) is 20. The van der Waals surface area contributed by atoms with E-state index in [-0.39, 0.29) is 50.9 Å². The molecule has 20 heteroatoms. The highest BCUT2D eigenvalue weighted by molar-refractivity contribution is 5.79. The van der Waals surface area contributed by atoms with Crippen molar-refractivity contribution in [1.29, 1.82) is 0 Å². The first-order valence-corrected chi connectivity index (χ1v) is 27.4. The molecule has 8 fully saturated rings. The average Bonchev–Trinajstić information content (AvgIpc) is 3.34. The highest BCUT2D eigenvalue weighted by atomic mass is 16.8.